The van der Waals surface area contributed by atoms with Crippen LogP contribution in [0.4, 0.5) is 0 Å². The van der Waals surface area contributed by atoms with E-state index >= 15 is 0 Å². The van der Waals surface area contributed by atoms with Crippen LogP contribution in [-0.2, 0) is 29.0 Å². The van der Waals surface area contributed by atoms with Crippen molar-refractivity contribution in [3.63, 3.8) is 0 Å². The summed E-state index contributed by atoms with van der Waals surface area (Å²) in [4.78, 5) is 14.9. The van der Waals surface area contributed by atoms with Gasteiger partial charge in [-0.25, -0.2) is 0 Å². The van der Waals surface area contributed by atoms with E-state index in [1.54, 1.807) is 7.11 Å². The second kappa shape index (κ2) is 10.5. The summed E-state index contributed by atoms with van der Waals surface area (Å²) in [6.45, 7) is 2.76. The lowest BCUT2D eigenvalue weighted by Crippen LogP contribution is -2.34. The molecule has 0 radical (unpaired) electrons. The Balaban J connectivity index is 1.70. The Morgan fingerprint density at radius 1 is 0.929 bits per heavy atom. The highest BCUT2D eigenvalue weighted by molar-refractivity contribution is 5.78. The third-order valence-electron chi connectivity index (χ3n) is 4.80. The Morgan fingerprint density at radius 2 is 1.61 bits per heavy atom. The van der Waals surface area contributed by atoms with Crippen molar-refractivity contribution in [3.8, 4) is 0 Å². The minimum Gasteiger partial charge on any atom is -0.385 e. The molecule has 0 fully saturated rings. The van der Waals surface area contributed by atoms with Gasteiger partial charge in [0.2, 0.25) is 5.91 Å². The quantitative estimate of drug-likeness (QED) is 0.498. The summed E-state index contributed by atoms with van der Waals surface area (Å²) in [5.74, 6) is 0.148. The van der Waals surface area contributed by atoms with Crippen LogP contribution in [-0.4, -0.2) is 35.6 Å². The zero-order chi connectivity index (χ0) is 19.6. The lowest BCUT2D eigenvalue weighted by molar-refractivity contribution is -0.131. The summed E-state index contributed by atoms with van der Waals surface area (Å²) < 4.78 is 7.40. The first kappa shape index (κ1) is 19.9. The van der Waals surface area contributed by atoms with Crippen LogP contribution < -0.4 is 0 Å². The van der Waals surface area contributed by atoms with Crippen molar-refractivity contribution in [1.29, 1.82) is 0 Å². The van der Waals surface area contributed by atoms with E-state index in [2.05, 4.69) is 41.1 Å². The smallest absolute Gasteiger partial charge is 0.227 e. The van der Waals surface area contributed by atoms with Crippen LogP contribution in [0.5, 0.6) is 0 Å². The molecular formula is C24H28N2O2. The lowest BCUT2D eigenvalue weighted by Gasteiger charge is -2.24. The second-order valence-corrected chi connectivity index (χ2v) is 6.94. The van der Waals surface area contributed by atoms with Crippen LogP contribution in [0.25, 0.3) is 0 Å². The minimum absolute atomic E-state index is 0.148. The van der Waals surface area contributed by atoms with Crippen LogP contribution in [0.15, 0.2) is 79.0 Å². The number of benzene rings is 2. The van der Waals surface area contributed by atoms with Crippen LogP contribution in [0.1, 0.15) is 23.2 Å². The normalized spacial score (nSPS) is 10.8. The standard InChI is InChI=1S/C24H28N2O2/c1-28-17-9-16-26(24(27)18-21-10-4-2-5-11-21)20-23-14-8-15-25(23)19-22-12-6-3-7-13-22/h2-8,10-15H,9,16-20H2,1H3. The molecule has 1 amide bonds. The molecule has 0 aliphatic heterocycles. The first-order chi connectivity index (χ1) is 13.8. The van der Waals surface area contributed by atoms with Crippen molar-refractivity contribution in [1.82, 2.24) is 9.47 Å². The average molecular weight is 377 g/mol. The van der Waals surface area contributed by atoms with Gasteiger partial charge in [-0.05, 0) is 29.7 Å². The first-order valence-electron chi connectivity index (χ1n) is 9.75. The molecule has 2 aromatic carbocycles. The summed E-state index contributed by atoms with van der Waals surface area (Å²) in [6.07, 6.45) is 3.33. The zero-order valence-corrected chi connectivity index (χ0v) is 16.5. The number of amides is 1. The van der Waals surface area contributed by atoms with Crippen molar-refractivity contribution in [3.05, 3.63) is 95.8 Å². The molecule has 0 aliphatic rings. The molecule has 3 aromatic rings. The second-order valence-electron chi connectivity index (χ2n) is 6.94. The van der Waals surface area contributed by atoms with Crippen molar-refractivity contribution in [2.75, 3.05) is 20.3 Å². The van der Waals surface area contributed by atoms with Crippen LogP contribution in [0, 0.1) is 0 Å². The summed E-state index contributed by atoms with van der Waals surface area (Å²) in [7, 11) is 1.70. The molecular weight excluding hydrogens is 348 g/mol. The van der Waals surface area contributed by atoms with Crippen LogP contribution in [0.2, 0.25) is 0 Å². The number of rotatable bonds is 10. The Hall–Kier alpha value is -2.85. The lowest BCUT2D eigenvalue weighted by atomic mass is 10.1. The fourth-order valence-electron chi connectivity index (χ4n) is 3.30. The number of carbonyl (C=O) groups is 1. The highest BCUT2D eigenvalue weighted by Crippen LogP contribution is 2.13. The molecule has 0 spiro atoms. The van der Waals surface area contributed by atoms with Crippen molar-refractivity contribution < 1.29 is 9.53 Å². The number of carbonyl (C=O) groups excluding carboxylic acids is 1. The van der Waals surface area contributed by atoms with Gasteiger partial charge in [0.1, 0.15) is 0 Å². The number of nitrogens with zero attached hydrogens (tertiary/aromatic N) is 2. The van der Waals surface area contributed by atoms with E-state index in [1.165, 1.54) is 5.56 Å². The molecule has 1 aromatic heterocycles. The van der Waals surface area contributed by atoms with Crippen molar-refractivity contribution in [2.24, 2.45) is 0 Å². The van der Waals surface area contributed by atoms with Gasteiger partial charge in [-0.3, -0.25) is 4.79 Å². The molecule has 28 heavy (non-hydrogen) atoms. The summed E-state index contributed by atoms with van der Waals surface area (Å²) in [5, 5.41) is 0. The highest BCUT2D eigenvalue weighted by atomic mass is 16.5. The SMILES string of the molecule is COCCCN(Cc1cccn1Cc1ccccc1)C(=O)Cc1ccccc1. The van der Waals surface area contributed by atoms with Crippen LogP contribution >= 0.6 is 0 Å². The molecule has 0 aliphatic carbocycles. The topological polar surface area (TPSA) is 34.5 Å². The summed E-state index contributed by atoms with van der Waals surface area (Å²) >= 11 is 0. The summed E-state index contributed by atoms with van der Waals surface area (Å²) in [5.41, 5.74) is 3.44. The largest absolute Gasteiger partial charge is 0.385 e. The molecule has 0 N–H and O–H groups in total. The number of hydrogen-bond donors (Lipinski definition) is 0. The number of methoxy groups -OCH3 is 1. The molecule has 1 heterocycles. The molecule has 0 bridgehead atoms. The van der Waals surface area contributed by atoms with Gasteiger partial charge in [0, 0.05) is 38.7 Å². The van der Waals surface area contributed by atoms with E-state index in [0.717, 1.165) is 24.2 Å². The van der Waals surface area contributed by atoms with Crippen LogP contribution in [0.3, 0.4) is 0 Å². The van der Waals surface area contributed by atoms with E-state index in [1.807, 2.05) is 47.4 Å². The molecule has 4 nitrogen and oxygen atoms in total. The summed E-state index contributed by atoms with van der Waals surface area (Å²) in [6, 6.07) is 24.5. The Kier molecular flexibility index (Phi) is 7.44. The van der Waals surface area contributed by atoms with Crippen molar-refractivity contribution in [2.45, 2.75) is 25.9 Å². The molecule has 4 heteroatoms. The fraction of sp³-hybridized carbons (Fsp3) is 0.292. The average Bonchev–Trinajstić information content (AvgIpc) is 3.15. The van der Waals surface area contributed by atoms with Gasteiger partial charge in [0.05, 0.1) is 13.0 Å². The predicted octanol–water partition coefficient (Wildman–Crippen LogP) is 4.14. The molecule has 0 unspecified atom stereocenters. The molecule has 0 atom stereocenters. The van der Waals surface area contributed by atoms with E-state index in [0.29, 0.717) is 26.1 Å². The van der Waals surface area contributed by atoms with E-state index in [9.17, 15) is 4.79 Å². The Morgan fingerprint density at radius 3 is 2.29 bits per heavy atom. The van der Waals surface area contributed by atoms with Gasteiger partial charge in [-0.2, -0.15) is 0 Å². The molecule has 0 saturated heterocycles. The zero-order valence-electron chi connectivity index (χ0n) is 16.5. The van der Waals surface area contributed by atoms with E-state index in [4.69, 9.17) is 4.74 Å². The fourth-order valence-corrected chi connectivity index (χ4v) is 3.30. The maximum Gasteiger partial charge on any atom is 0.227 e. The first-order valence-corrected chi connectivity index (χ1v) is 9.75. The van der Waals surface area contributed by atoms with Gasteiger partial charge in [0.25, 0.3) is 0 Å². The van der Waals surface area contributed by atoms with Gasteiger partial charge in [-0.1, -0.05) is 60.7 Å². The van der Waals surface area contributed by atoms with Gasteiger partial charge >= 0.3 is 0 Å². The number of hydrogen-bond acceptors (Lipinski definition) is 2. The Labute approximate surface area is 167 Å². The number of ether oxygens (including phenoxy) is 1. The highest BCUT2D eigenvalue weighted by Gasteiger charge is 2.16. The predicted molar refractivity (Wildman–Crippen MR) is 112 cm³/mol. The van der Waals surface area contributed by atoms with E-state index in [-0.39, 0.29) is 5.91 Å². The van der Waals surface area contributed by atoms with Gasteiger partial charge in [-0.15, -0.1) is 0 Å². The Bertz CT molecular complexity index is 843. The monoisotopic (exact) mass is 376 g/mol. The third kappa shape index (κ3) is 5.83. The van der Waals surface area contributed by atoms with E-state index < -0.39 is 0 Å². The van der Waals surface area contributed by atoms with Gasteiger partial charge < -0.3 is 14.2 Å². The molecule has 3 rings (SSSR count). The number of aromatic nitrogens is 1. The maximum atomic E-state index is 13.0. The molecule has 0 saturated carbocycles. The third-order valence-corrected chi connectivity index (χ3v) is 4.80. The molecule has 146 valence electrons. The van der Waals surface area contributed by atoms with Gasteiger partial charge in [0.15, 0.2) is 0 Å². The maximum absolute atomic E-state index is 13.0. The minimum atomic E-state index is 0.148. The van der Waals surface area contributed by atoms with Crippen molar-refractivity contribution >= 4 is 5.91 Å².